The van der Waals surface area contributed by atoms with E-state index in [1.54, 1.807) is 4.90 Å². The summed E-state index contributed by atoms with van der Waals surface area (Å²) >= 11 is 0. The van der Waals surface area contributed by atoms with Gasteiger partial charge in [-0.3, -0.25) is 19.2 Å². The zero-order valence-corrected chi connectivity index (χ0v) is 19.7. The summed E-state index contributed by atoms with van der Waals surface area (Å²) in [5, 5.41) is 6.82. The Morgan fingerprint density at radius 1 is 1.19 bits per heavy atom. The number of hydrogen-bond donors (Lipinski definition) is 1. The van der Waals surface area contributed by atoms with Gasteiger partial charge in [0.15, 0.2) is 5.69 Å². The van der Waals surface area contributed by atoms with Gasteiger partial charge in [-0.1, -0.05) is 0 Å². The summed E-state index contributed by atoms with van der Waals surface area (Å²) in [5.74, 6) is -1.75. The maximum absolute atomic E-state index is 13.3. The summed E-state index contributed by atoms with van der Waals surface area (Å²) in [4.78, 5) is 59.5. The summed E-state index contributed by atoms with van der Waals surface area (Å²) in [6.45, 7) is 4.94. The van der Waals surface area contributed by atoms with Gasteiger partial charge in [-0.05, 0) is 26.0 Å². The second-order valence-corrected chi connectivity index (χ2v) is 8.86. The van der Waals surface area contributed by atoms with Crippen LogP contribution in [0.3, 0.4) is 0 Å². The minimum atomic E-state index is -0.556. The van der Waals surface area contributed by atoms with Crippen LogP contribution in [0.5, 0.6) is 0 Å². The highest BCUT2D eigenvalue weighted by molar-refractivity contribution is 5.99. The van der Waals surface area contributed by atoms with Crippen molar-refractivity contribution < 1.29 is 23.5 Å². The number of ether oxygens (including phenoxy) is 1. The zero-order chi connectivity index (χ0) is 25.6. The van der Waals surface area contributed by atoms with E-state index in [4.69, 9.17) is 4.74 Å². The molecule has 3 aromatic rings. The van der Waals surface area contributed by atoms with Crippen molar-refractivity contribution in [2.75, 3.05) is 31.6 Å². The number of rotatable bonds is 5. The van der Waals surface area contributed by atoms with Gasteiger partial charge >= 0.3 is 0 Å². The van der Waals surface area contributed by atoms with E-state index in [0.29, 0.717) is 26.3 Å². The highest BCUT2D eigenvalue weighted by Gasteiger charge is 2.36. The molecular weight excluding hydrogens is 473 g/mol. The Morgan fingerprint density at radius 2 is 1.94 bits per heavy atom. The molecule has 0 spiro atoms. The number of carbonyl (C=O) groups excluding carboxylic acids is 3. The van der Waals surface area contributed by atoms with Crippen molar-refractivity contribution in [2.45, 2.75) is 33.0 Å². The molecule has 13 heteroatoms. The molecule has 2 aliphatic heterocycles. The number of amides is 3. The van der Waals surface area contributed by atoms with Gasteiger partial charge < -0.3 is 24.4 Å². The number of nitrogens with one attached hydrogen (secondary N) is 1. The van der Waals surface area contributed by atoms with Gasteiger partial charge in [0.25, 0.3) is 17.4 Å². The molecule has 0 aromatic carbocycles. The van der Waals surface area contributed by atoms with E-state index >= 15 is 0 Å². The van der Waals surface area contributed by atoms with Crippen molar-refractivity contribution in [3.63, 3.8) is 0 Å². The molecule has 0 aliphatic carbocycles. The third-order valence-corrected chi connectivity index (χ3v) is 6.20. The molecule has 0 saturated carbocycles. The number of hydrogen-bond acceptors (Lipinski definition) is 7. The van der Waals surface area contributed by atoms with E-state index in [0.717, 1.165) is 16.8 Å². The van der Waals surface area contributed by atoms with E-state index in [2.05, 4.69) is 15.4 Å². The summed E-state index contributed by atoms with van der Waals surface area (Å²) in [6.07, 6.45) is 0.968. The van der Waals surface area contributed by atoms with Crippen LogP contribution in [0.15, 0.2) is 29.2 Å². The summed E-state index contributed by atoms with van der Waals surface area (Å²) in [5.41, 5.74) is -0.0813. The maximum atomic E-state index is 13.3. The molecule has 0 radical (unpaired) electrons. The number of anilines is 1. The summed E-state index contributed by atoms with van der Waals surface area (Å²) < 4.78 is 20.9. The molecule has 188 valence electrons. The highest BCUT2D eigenvalue weighted by atomic mass is 19.1. The van der Waals surface area contributed by atoms with Gasteiger partial charge in [0, 0.05) is 25.2 Å². The standard InChI is InChI=1S/C23H24FN7O5/c1-13(2)29-11-15-20(23(29)35)30(12-18(32)26-17-4-3-14(24)10-25-17)19-9-16(27-31(19)21(15)33)22(34)28-5-7-36-8-6-28/h3-4,9-10,13H,5-8,11-12H2,1-2H3,(H,25,26,32). The van der Waals surface area contributed by atoms with Crippen LogP contribution in [0, 0.1) is 5.82 Å². The predicted molar refractivity (Wildman–Crippen MR) is 124 cm³/mol. The Labute approximate surface area is 204 Å². The zero-order valence-electron chi connectivity index (χ0n) is 19.7. The SMILES string of the molecule is CC(C)N1Cc2c(n(CC(=O)Nc3ccc(F)cn3)c3cc(C(=O)N4CCOCC4)nn3c2=O)C1=O. The lowest BCUT2D eigenvalue weighted by atomic mass is 10.2. The van der Waals surface area contributed by atoms with Crippen LogP contribution in [-0.2, 0) is 22.6 Å². The summed E-state index contributed by atoms with van der Waals surface area (Å²) in [6, 6.07) is 3.69. The lowest BCUT2D eigenvalue weighted by Gasteiger charge is -2.25. The molecule has 3 aromatic heterocycles. The number of fused-ring (bicyclic) bond motifs is 2. The number of pyridine rings is 1. The van der Waals surface area contributed by atoms with Gasteiger partial charge in [0.1, 0.15) is 29.5 Å². The smallest absolute Gasteiger partial charge is 0.280 e. The first-order chi connectivity index (χ1) is 17.2. The van der Waals surface area contributed by atoms with Crippen molar-refractivity contribution in [3.05, 3.63) is 57.5 Å². The minimum Gasteiger partial charge on any atom is -0.378 e. The van der Waals surface area contributed by atoms with E-state index in [1.165, 1.54) is 21.6 Å². The fourth-order valence-electron chi connectivity index (χ4n) is 4.37. The molecule has 1 fully saturated rings. The monoisotopic (exact) mass is 497 g/mol. The Balaban J connectivity index is 1.58. The predicted octanol–water partition coefficient (Wildman–Crippen LogP) is 0.505. The summed E-state index contributed by atoms with van der Waals surface area (Å²) in [7, 11) is 0. The van der Waals surface area contributed by atoms with Crippen LogP contribution in [0.4, 0.5) is 10.2 Å². The van der Waals surface area contributed by atoms with Gasteiger partial charge in [-0.25, -0.2) is 9.37 Å². The van der Waals surface area contributed by atoms with Crippen LogP contribution in [0.1, 0.15) is 40.4 Å². The number of halogens is 1. The van der Waals surface area contributed by atoms with Gasteiger partial charge in [0.2, 0.25) is 5.91 Å². The van der Waals surface area contributed by atoms with Crippen molar-refractivity contribution in [3.8, 4) is 0 Å². The molecular formula is C23H24FN7O5. The highest BCUT2D eigenvalue weighted by Crippen LogP contribution is 2.25. The lowest BCUT2D eigenvalue weighted by Crippen LogP contribution is -2.40. The maximum Gasteiger partial charge on any atom is 0.280 e. The van der Waals surface area contributed by atoms with E-state index < -0.39 is 23.2 Å². The molecule has 1 N–H and O–H groups in total. The third-order valence-electron chi connectivity index (χ3n) is 6.20. The van der Waals surface area contributed by atoms with Crippen LogP contribution in [-0.4, -0.2) is 79.0 Å². The second-order valence-electron chi connectivity index (χ2n) is 8.86. The quantitative estimate of drug-likeness (QED) is 0.543. The Kier molecular flexibility index (Phi) is 6.00. The van der Waals surface area contributed by atoms with Crippen molar-refractivity contribution in [1.29, 1.82) is 0 Å². The molecule has 1 saturated heterocycles. The number of aromatic nitrogens is 4. The van der Waals surface area contributed by atoms with Crippen molar-refractivity contribution in [1.82, 2.24) is 29.0 Å². The van der Waals surface area contributed by atoms with Gasteiger partial charge in [-0.2, -0.15) is 9.61 Å². The lowest BCUT2D eigenvalue weighted by molar-refractivity contribution is -0.116. The first-order valence-electron chi connectivity index (χ1n) is 11.5. The van der Waals surface area contributed by atoms with Crippen molar-refractivity contribution in [2.24, 2.45) is 0 Å². The van der Waals surface area contributed by atoms with Crippen LogP contribution >= 0.6 is 0 Å². The molecule has 5 heterocycles. The first kappa shape index (κ1) is 23.6. The molecule has 5 rings (SSSR count). The number of carbonyl (C=O) groups is 3. The molecule has 36 heavy (non-hydrogen) atoms. The van der Waals surface area contributed by atoms with Gasteiger partial charge in [0.05, 0.1) is 31.5 Å². The largest absolute Gasteiger partial charge is 0.378 e. The number of nitrogens with zero attached hydrogens (tertiary/aromatic N) is 6. The molecule has 0 atom stereocenters. The molecule has 2 aliphatic rings. The normalized spacial score (nSPS) is 15.6. The molecule has 12 nitrogen and oxygen atoms in total. The van der Waals surface area contributed by atoms with E-state index in [9.17, 15) is 23.6 Å². The fourth-order valence-corrected chi connectivity index (χ4v) is 4.37. The van der Waals surface area contributed by atoms with Crippen LogP contribution in [0.2, 0.25) is 0 Å². The van der Waals surface area contributed by atoms with Crippen LogP contribution in [0.25, 0.3) is 5.65 Å². The topological polar surface area (TPSA) is 131 Å². The molecule has 0 bridgehead atoms. The van der Waals surface area contributed by atoms with Gasteiger partial charge in [-0.15, -0.1) is 0 Å². The van der Waals surface area contributed by atoms with Crippen molar-refractivity contribution >= 4 is 29.2 Å². The Bertz CT molecular complexity index is 1420. The third kappa shape index (κ3) is 4.11. The minimum absolute atomic E-state index is 0.0280. The average molecular weight is 497 g/mol. The average Bonchev–Trinajstić information content (AvgIpc) is 3.46. The molecule has 3 amide bonds. The van der Waals surface area contributed by atoms with E-state index in [1.807, 2.05) is 13.8 Å². The van der Waals surface area contributed by atoms with Crippen LogP contribution < -0.4 is 10.9 Å². The molecule has 0 unspecified atom stereocenters. The Morgan fingerprint density at radius 3 is 2.61 bits per heavy atom. The van der Waals surface area contributed by atoms with E-state index in [-0.39, 0.29) is 53.5 Å². The Hall–Kier alpha value is -4.13. The second kappa shape index (κ2) is 9.15. The first-order valence-corrected chi connectivity index (χ1v) is 11.5. The fraction of sp³-hybridized carbons (Fsp3) is 0.391. The number of morpholine rings is 1.